The lowest BCUT2D eigenvalue weighted by Gasteiger charge is -2.05. The van der Waals surface area contributed by atoms with Gasteiger partial charge in [0.25, 0.3) is 5.56 Å². The van der Waals surface area contributed by atoms with Gasteiger partial charge in [-0.2, -0.15) is 0 Å². The summed E-state index contributed by atoms with van der Waals surface area (Å²) in [5.41, 5.74) is 0.891. The van der Waals surface area contributed by atoms with Crippen molar-refractivity contribution in [3.63, 3.8) is 0 Å². The van der Waals surface area contributed by atoms with Crippen LogP contribution in [0.1, 0.15) is 10.4 Å². The van der Waals surface area contributed by atoms with E-state index in [1.807, 2.05) is 48.0 Å². The Morgan fingerprint density at radius 1 is 1.24 bits per heavy atom. The molecule has 0 spiro atoms. The van der Waals surface area contributed by atoms with Crippen molar-refractivity contribution in [2.45, 2.75) is 6.54 Å². The Morgan fingerprint density at radius 3 is 2.95 bits per heavy atom. The molecule has 0 saturated carbocycles. The minimum absolute atomic E-state index is 0.0180. The van der Waals surface area contributed by atoms with E-state index >= 15 is 0 Å². The van der Waals surface area contributed by atoms with Gasteiger partial charge in [-0.05, 0) is 23.6 Å². The maximum Gasteiger partial charge on any atom is 0.258 e. The third-order valence-corrected chi connectivity index (χ3v) is 4.10. The normalized spacial score (nSPS) is 10.3. The number of hydrogen-bond acceptors (Lipinski definition) is 3. The first-order valence-corrected chi connectivity index (χ1v) is 7.41. The lowest BCUT2D eigenvalue weighted by Crippen LogP contribution is -2.19. The van der Waals surface area contributed by atoms with Crippen LogP contribution in [0, 0.1) is 11.8 Å². The number of rotatable bonds is 2. The maximum absolute atomic E-state index is 12.4. The van der Waals surface area contributed by atoms with Gasteiger partial charge in [-0.1, -0.05) is 30.0 Å². The first-order valence-electron chi connectivity index (χ1n) is 6.53. The molecule has 0 aliphatic rings. The van der Waals surface area contributed by atoms with Gasteiger partial charge in [0.15, 0.2) is 0 Å². The van der Waals surface area contributed by atoms with E-state index < -0.39 is 0 Å². The summed E-state index contributed by atoms with van der Waals surface area (Å²) in [6.07, 6.45) is 1.82. The van der Waals surface area contributed by atoms with Crippen molar-refractivity contribution in [1.29, 1.82) is 0 Å². The monoisotopic (exact) mass is 295 g/mol. The predicted octanol–water partition coefficient (Wildman–Crippen LogP) is 2.46. The smallest absolute Gasteiger partial charge is 0.258 e. The van der Waals surface area contributed by atoms with Crippen molar-refractivity contribution in [1.82, 2.24) is 4.57 Å². The molecule has 3 aromatic rings. The Bertz CT molecular complexity index is 896. The van der Waals surface area contributed by atoms with Crippen molar-refractivity contribution in [2.24, 2.45) is 0 Å². The molecule has 0 aliphatic carbocycles. The van der Waals surface area contributed by atoms with Gasteiger partial charge in [0.1, 0.15) is 6.61 Å². The summed E-state index contributed by atoms with van der Waals surface area (Å²) in [5.74, 6) is 5.49. The van der Waals surface area contributed by atoms with Crippen molar-refractivity contribution < 1.29 is 5.11 Å². The van der Waals surface area contributed by atoms with Crippen molar-refractivity contribution in [3.05, 3.63) is 68.8 Å². The van der Waals surface area contributed by atoms with E-state index in [-0.39, 0.29) is 12.2 Å². The van der Waals surface area contributed by atoms with Gasteiger partial charge in [-0.25, -0.2) is 0 Å². The van der Waals surface area contributed by atoms with Crippen LogP contribution in [0.5, 0.6) is 0 Å². The van der Waals surface area contributed by atoms with E-state index in [0.29, 0.717) is 6.54 Å². The third kappa shape index (κ3) is 2.89. The number of aliphatic hydroxyl groups excluding tert-OH is 1. The molecule has 0 fully saturated rings. The van der Waals surface area contributed by atoms with Gasteiger partial charge < -0.3 is 9.67 Å². The molecule has 1 N–H and O–H groups in total. The van der Waals surface area contributed by atoms with Crippen LogP contribution in [-0.2, 0) is 6.54 Å². The van der Waals surface area contributed by atoms with Crippen molar-refractivity contribution >= 4 is 22.1 Å². The Labute approximate surface area is 126 Å². The third-order valence-electron chi connectivity index (χ3n) is 3.18. The van der Waals surface area contributed by atoms with Crippen LogP contribution in [0.15, 0.2) is 52.8 Å². The number of pyridine rings is 1. The topological polar surface area (TPSA) is 42.2 Å². The summed E-state index contributed by atoms with van der Waals surface area (Å²) in [5, 5.41) is 12.3. The van der Waals surface area contributed by atoms with Crippen LogP contribution in [0.2, 0.25) is 0 Å². The Morgan fingerprint density at radius 2 is 2.10 bits per heavy atom. The molecule has 0 bridgehead atoms. The van der Waals surface area contributed by atoms with E-state index in [1.54, 1.807) is 15.9 Å². The summed E-state index contributed by atoms with van der Waals surface area (Å²) < 4.78 is 1.71. The number of aromatic nitrogens is 1. The molecule has 1 aromatic carbocycles. The highest BCUT2D eigenvalue weighted by Gasteiger charge is 2.04. The summed E-state index contributed by atoms with van der Waals surface area (Å²) in [6.45, 7) is 0.393. The number of nitrogens with zero attached hydrogens (tertiary/aromatic N) is 1. The van der Waals surface area contributed by atoms with Crippen molar-refractivity contribution in [3.8, 4) is 11.8 Å². The van der Waals surface area contributed by atoms with E-state index in [4.69, 9.17) is 5.11 Å². The minimum Gasteiger partial charge on any atom is -0.384 e. The average Bonchev–Trinajstić information content (AvgIpc) is 2.96. The second-order valence-corrected chi connectivity index (χ2v) is 5.59. The SMILES string of the molecule is O=c1c2ccccc2ccn1Cc1cc(C#CCO)cs1. The van der Waals surface area contributed by atoms with Crippen LogP contribution in [-0.4, -0.2) is 16.3 Å². The lowest BCUT2D eigenvalue weighted by atomic mass is 10.2. The summed E-state index contributed by atoms with van der Waals surface area (Å²) in [6, 6.07) is 11.5. The molecule has 4 heteroatoms. The second-order valence-electron chi connectivity index (χ2n) is 4.60. The molecular weight excluding hydrogens is 282 g/mol. The Hall–Kier alpha value is -2.35. The van der Waals surface area contributed by atoms with Crippen LogP contribution < -0.4 is 5.56 Å². The molecule has 0 aliphatic heterocycles. The first-order chi connectivity index (χ1) is 10.3. The van der Waals surface area contributed by atoms with Gasteiger partial charge in [-0.3, -0.25) is 4.79 Å². The van der Waals surface area contributed by atoms with Crippen LogP contribution in [0.4, 0.5) is 0 Å². The second kappa shape index (κ2) is 5.96. The maximum atomic E-state index is 12.4. The number of hydrogen-bond donors (Lipinski definition) is 1. The van der Waals surface area contributed by atoms with E-state index in [9.17, 15) is 4.79 Å². The number of benzene rings is 1. The highest BCUT2D eigenvalue weighted by atomic mass is 32.1. The highest BCUT2D eigenvalue weighted by molar-refractivity contribution is 7.10. The molecule has 2 heterocycles. The van der Waals surface area contributed by atoms with E-state index in [1.165, 1.54) is 0 Å². The predicted molar refractivity (Wildman–Crippen MR) is 85.6 cm³/mol. The largest absolute Gasteiger partial charge is 0.384 e. The molecular formula is C17H13NO2S. The fourth-order valence-electron chi connectivity index (χ4n) is 2.19. The fraction of sp³-hybridized carbons (Fsp3) is 0.118. The van der Waals surface area contributed by atoms with Gasteiger partial charge in [0.05, 0.1) is 6.54 Å². The molecule has 104 valence electrons. The standard InChI is InChI=1S/C17H13NO2S/c19-9-3-4-13-10-15(21-12-13)11-18-8-7-14-5-1-2-6-16(14)17(18)20/h1-2,5-8,10,12,19H,9,11H2. The van der Waals surface area contributed by atoms with Crippen LogP contribution in [0.3, 0.4) is 0 Å². The quantitative estimate of drug-likeness (QED) is 0.738. The zero-order chi connectivity index (χ0) is 14.7. The van der Waals surface area contributed by atoms with Crippen LogP contribution in [0.25, 0.3) is 10.8 Å². The average molecular weight is 295 g/mol. The molecule has 3 nitrogen and oxygen atoms in total. The molecule has 2 aromatic heterocycles. The number of aliphatic hydroxyl groups is 1. The minimum atomic E-state index is -0.144. The van der Waals surface area contributed by atoms with E-state index in [2.05, 4.69) is 11.8 Å². The molecule has 0 amide bonds. The van der Waals surface area contributed by atoms with Gasteiger partial charge >= 0.3 is 0 Å². The molecule has 0 radical (unpaired) electrons. The summed E-state index contributed by atoms with van der Waals surface area (Å²) in [7, 11) is 0. The van der Waals surface area contributed by atoms with Crippen LogP contribution >= 0.6 is 11.3 Å². The fourth-order valence-corrected chi connectivity index (χ4v) is 3.01. The van der Waals surface area contributed by atoms with Crippen molar-refractivity contribution in [2.75, 3.05) is 6.61 Å². The molecule has 0 saturated heterocycles. The molecule has 3 rings (SSSR count). The Balaban J connectivity index is 1.93. The zero-order valence-electron chi connectivity index (χ0n) is 11.2. The van der Waals surface area contributed by atoms with Gasteiger partial charge in [0, 0.05) is 27.4 Å². The highest BCUT2D eigenvalue weighted by Crippen LogP contribution is 2.15. The summed E-state index contributed by atoms with van der Waals surface area (Å²) in [4.78, 5) is 13.5. The molecule has 0 unspecified atom stereocenters. The molecule has 0 atom stereocenters. The first kappa shape index (κ1) is 13.6. The lowest BCUT2D eigenvalue weighted by molar-refractivity contribution is 0.350. The number of fused-ring (bicyclic) bond motifs is 1. The van der Waals surface area contributed by atoms with E-state index in [0.717, 1.165) is 21.2 Å². The zero-order valence-corrected chi connectivity index (χ0v) is 12.1. The van der Waals surface area contributed by atoms with Gasteiger partial charge in [0.2, 0.25) is 0 Å². The number of thiophene rings is 1. The summed E-state index contributed by atoms with van der Waals surface area (Å²) >= 11 is 1.57. The molecule has 21 heavy (non-hydrogen) atoms. The Kier molecular flexibility index (Phi) is 3.87. The van der Waals surface area contributed by atoms with Gasteiger partial charge in [-0.15, -0.1) is 11.3 Å².